The number of ketones is 2. The molecule has 20 heavy (non-hydrogen) atoms. The second-order valence-corrected chi connectivity index (χ2v) is 4.75. The molecule has 0 aliphatic carbocycles. The number of hydrogen-bond donors (Lipinski definition) is 4. The summed E-state index contributed by atoms with van der Waals surface area (Å²) in [5, 5.41) is 12.8. The molecular weight excluding hydrogens is 260 g/mol. The van der Waals surface area contributed by atoms with Crippen LogP contribution in [0.25, 0.3) is 0 Å². The Morgan fingerprint density at radius 2 is 1.45 bits per heavy atom. The van der Waals surface area contributed by atoms with E-state index in [1.165, 1.54) is 0 Å². The van der Waals surface area contributed by atoms with Crippen LogP contribution < -0.4 is 21.3 Å². The zero-order valence-electron chi connectivity index (χ0n) is 11.7. The number of nitrogens with one attached hydrogen (secondary N) is 4. The van der Waals surface area contributed by atoms with Crippen molar-refractivity contribution in [2.24, 2.45) is 0 Å². The van der Waals surface area contributed by atoms with E-state index in [1.54, 1.807) is 0 Å². The third-order valence-corrected chi connectivity index (χ3v) is 3.15. The summed E-state index contributed by atoms with van der Waals surface area (Å²) < 4.78 is 0. The summed E-state index contributed by atoms with van der Waals surface area (Å²) >= 11 is 0. The summed E-state index contributed by atoms with van der Waals surface area (Å²) in [5.41, 5.74) is 0. The molecule has 1 fully saturated rings. The average Bonchev–Trinajstić information content (AvgIpc) is 2.47. The first-order valence-electron chi connectivity index (χ1n) is 7.14. The van der Waals surface area contributed by atoms with Gasteiger partial charge in [0.15, 0.2) is 6.29 Å². The van der Waals surface area contributed by atoms with Gasteiger partial charge in [0.05, 0.1) is 6.04 Å². The van der Waals surface area contributed by atoms with E-state index in [9.17, 15) is 14.4 Å². The Hall–Kier alpha value is -1.15. The average molecular weight is 284 g/mol. The molecule has 1 rings (SSSR count). The smallest absolute Gasteiger partial charge is 0.262 e. The van der Waals surface area contributed by atoms with Gasteiger partial charge >= 0.3 is 0 Å². The Morgan fingerprint density at radius 1 is 0.850 bits per heavy atom. The lowest BCUT2D eigenvalue weighted by molar-refractivity contribution is -0.141. The van der Waals surface area contributed by atoms with Gasteiger partial charge in [0, 0.05) is 26.2 Å². The number of Topliss-reactive ketones (excluding diaryl/α,β-unsaturated/α-hetero) is 2. The lowest BCUT2D eigenvalue weighted by Crippen LogP contribution is -2.45. The highest BCUT2D eigenvalue weighted by Crippen LogP contribution is 1.94. The van der Waals surface area contributed by atoms with Gasteiger partial charge in [-0.3, -0.25) is 14.4 Å². The van der Waals surface area contributed by atoms with Gasteiger partial charge in [0.1, 0.15) is 0 Å². The molecule has 0 aromatic rings. The molecule has 0 bridgehead atoms. The van der Waals surface area contributed by atoms with Crippen LogP contribution in [0.2, 0.25) is 0 Å². The normalized spacial score (nSPS) is 23.5. The second-order valence-electron chi connectivity index (χ2n) is 4.75. The molecule has 0 aromatic carbocycles. The van der Waals surface area contributed by atoms with Gasteiger partial charge in [-0.2, -0.15) is 0 Å². The van der Waals surface area contributed by atoms with Gasteiger partial charge in [0.2, 0.25) is 5.78 Å². The van der Waals surface area contributed by atoms with Crippen LogP contribution in [0.15, 0.2) is 0 Å². The minimum absolute atomic E-state index is 0.0882. The first kappa shape index (κ1) is 16.9. The summed E-state index contributed by atoms with van der Waals surface area (Å²) in [7, 11) is 0. The van der Waals surface area contributed by atoms with E-state index in [4.69, 9.17) is 0 Å². The lowest BCUT2D eigenvalue weighted by atomic mass is 10.1. The molecule has 0 saturated carbocycles. The monoisotopic (exact) mass is 284 g/mol. The highest BCUT2D eigenvalue weighted by atomic mass is 16.2. The minimum Gasteiger partial charge on any atom is -0.315 e. The van der Waals surface area contributed by atoms with E-state index in [2.05, 4.69) is 21.3 Å². The van der Waals surface area contributed by atoms with Crippen molar-refractivity contribution in [2.45, 2.75) is 18.9 Å². The molecule has 114 valence electrons. The van der Waals surface area contributed by atoms with Crippen LogP contribution in [0.1, 0.15) is 12.8 Å². The number of carbonyl (C=O) groups excluding carboxylic acids is 3. The van der Waals surface area contributed by atoms with E-state index < -0.39 is 17.6 Å². The standard InChI is InChI=1S/C13H24N4O3/c18-10-12(19)13(20)11-2-5-16-7-6-14-3-1-4-15-8-9-17-11/h10-11,14-17H,1-9H2. The molecule has 7 nitrogen and oxygen atoms in total. The van der Waals surface area contributed by atoms with Crippen LogP contribution in [0, 0.1) is 0 Å². The van der Waals surface area contributed by atoms with Crippen LogP contribution in [0.5, 0.6) is 0 Å². The van der Waals surface area contributed by atoms with Crippen LogP contribution in [0.4, 0.5) is 0 Å². The summed E-state index contributed by atoms with van der Waals surface area (Å²) in [6.45, 7) is 5.54. The predicted molar refractivity (Wildman–Crippen MR) is 75.7 cm³/mol. The summed E-state index contributed by atoms with van der Waals surface area (Å²) in [6.07, 6.45) is 1.63. The maximum absolute atomic E-state index is 11.8. The number of aldehydes is 1. The van der Waals surface area contributed by atoms with Gasteiger partial charge in [-0.25, -0.2) is 0 Å². The predicted octanol–water partition coefficient (Wildman–Crippen LogP) is -2.16. The zero-order valence-corrected chi connectivity index (χ0v) is 11.7. The molecule has 1 unspecified atom stereocenters. The molecule has 0 spiro atoms. The van der Waals surface area contributed by atoms with E-state index in [1.807, 2.05) is 0 Å². The topological polar surface area (TPSA) is 99.3 Å². The number of rotatable bonds is 3. The Bertz CT molecular complexity index is 309. The second kappa shape index (κ2) is 10.6. The third-order valence-electron chi connectivity index (χ3n) is 3.15. The Labute approximate surface area is 119 Å². The van der Waals surface area contributed by atoms with Crippen molar-refractivity contribution in [1.29, 1.82) is 0 Å². The van der Waals surface area contributed by atoms with Crippen molar-refractivity contribution in [3.63, 3.8) is 0 Å². The minimum atomic E-state index is -0.960. The Morgan fingerprint density at radius 3 is 2.10 bits per heavy atom. The number of carbonyl (C=O) groups is 3. The Balaban J connectivity index is 2.45. The fourth-order valence-corrected chi connectivity index (χ4v) is 2.03. The lowest BCUT2D eigenvalue weighted by Gasteiger charge is -2.17. The van der Waals surface area contributed by atoms with Crippen LogP contribution >= 0.6 is 0 Å². The van der Waals surface area contributed by atoms with Gasteiger partial charge < -0.3 is 21.3 Å². The van der Waals surface area contributed by atoms with E-state index in [0.29, 0.717) is 19.5 Å². The van der Waals surface area contributed by atoms with Crippen LogP contribution in [-0.2, 0) is 14.4 Å². The molecule has 4 N–H and O–H groups in total. The van der Waals surface area contributed by atoms with Crippen LogP contribution in [-0.4, -0.2) is 69.7 Å². The molecule has 0 amide bonds. The van der Waals surface area contributed by atoms with Crippen molar-refractivity contribution in [2.75, 3.05) is 45.8 Å². The van der Waals surface area contributed by atoms with Gasteiger partial charge in [-0.1, -0.05) is 0 Å². The Kier molecular flexibility index (Phi) is 8.97. The fourth-order valence-electron chi connectivity index (χ4n) is 2.03. The summed E-state index contributed by atoms with van der Waals surface area (Å²) in [5.74, 6) is -1.61. The highest BCUT2D eigenvalue weighted by Gasteiger charge is 2.23. The molecule has 0 radical (unpaired) electrons. The molecule has 1 aliphatic rings. The molecule has 1 heterocycles. The first-order chi connectivity index (χ1) is 9.75. The number of hydrogen-bond acceptors (Lipinski definition) is 7. The van der Waals surface area contributed by atoms with Crippen molar-refractivity contribution < 1.29 is 14.4 Å². The molecule has 7 heteroatoms. The summed E-state index contributed by atoms with van der Waals surface area (Å²) in [6, 6.07) is -0.585. The van der Waals surface area contributed by atoms with Crippen molar-refractivity contribution >= 4 is 17.9 Å². The molecule has 1 saturated heterocycles. The van der Waals surface area contributed by atoms with E-state index >= 15 is 0 Å². The quantitative estimate of drug-likeness (QED) is 0.266. The molecule has 0 aromatic heterocycles. The van der Waals surface area contributed by atoms with Gasteiger partial charge in [0.25, 0.3) is 5.78 Å². The third kappa shape index (κ3) is 6.85. The fraction of sp³-hybridized carbons (Fsp3) is 0.769. The van der Waals surface area contributed by atoms with Gasteiger partial charge in [-0.15, -0.1) is 0 Å². The van der Waals surface area contributed by atoms with Gasteiger partial charge in [-0.05, 0) is 32.5 Å². The largest absolute Gasteiger partial charge is 0.315 e. The van der Waals surface area contributed by atoms with E-state index in [0.717, 1.165) is 39.1 Å². The molecule has 1 aliphatic heterocycles. The maximum Gasteiger partial charge on any atom is 0.262 e. The zero-order chi connectivity index (χ0) is 14.6. The van der Waals surface area contributed by atoms with Crippen molar-refractivity contribution in [3.8, 4) is 0 Å². The first-order valence-corrected chi connectivity index (χ1v) is 7.14. The summed E-state index contributed by atoms with van der Waals surface area (Å²) in [4.78, 5) is 33.4. The van der Waals surface area contributed by atoms with Crippen molar-refractivity contribution in [3.05, 3.63) is 0 Å². The van der Waals surface area contributed by atoms with Crippen molar-refractivity contribution in [1.82, 2.24) is 21.3 Å². The molecular formula is C13H24N4O3. The van der Waals surface area contributed by atoms with Crippen LogP contribution in [0.3, 0.4) is 0 Å². The molecule has 1 atom stereocenters. The SMILES string of the molecule is O=CC(=O)C(=O)C1CCNCCNCCCNCCN1. The highest BCUT2D eigenvalue weighted by molar-refractivity contribution is 6.58. The maximum atomic E-state index is 11.8. The van der Waals surface area contributed by atoms with E-state index in [-0.39, 0.29) is 6.29 Å².